The molecule has 2 fully saturated rings. The summed E-state index contributed by atoms with van der Waals surface area (Å²) in [4.78, 5) is 15.2. The Hall–Kier alpha value is -1.97. The van der Waals surface area contributed by atoms with Crippen LogP contribution in [0.15, 0.2) is 35.5 Å². The van der Waals surface area contributed by atoms with Crippen molar-refractivity contribution in [1.29, 1.82) is 0 Å². The van der Waals surface area contributed by atoms with Crippen LogP contribution in [-0.2, 0) is 16.1 Å². The van der Waals surface area contributed by atoms with Gasteiger partial charge in [0, 0.05) is 25.2 Å². The van der Waals surface area contributed by atoms with E-state index in [2.05, 4.69) is 25.7 Å². The summed E-state index contributed by atoms with van der Waals surface area (Å²) >= 11 is 1.38. The molecule has 0 bridgehead atoms. The lowest BCUT2D eigenvalue weighted by Gasteiger charge is -2.48. The van der Waals surface area contributed by atoms with E-state index in [9.17, 15) is 4.79 Å². The van der Waals surface area contributed by atoms with Crippen LogP contribution in [0.2, 0.25) is 0 Å². The lowest BCUT2D eigenvalue weighted by molar-refractivity contribution is -0.119. The molecule has 1 amide bonds. The SMILES string of the molecule is O=C(CSc1nnnn1Cc1ccccc1)NCC1(N2CCOCC2)CCCCC1. The second-order valence-corrected chi connectivity index (χ2v) is 9.00. The summed E-state index contributed by atoms with van der Waals surface area (Å²) in [6, 6.07) is 10.1. The summed E-state index contributed by atoms with van der Waals surface area (Å²) in [5.74, 6) is 0.349. The van der Waals surface area contributed by atoms with E-state index in [1.807, 2.05) is 30.3 Å². The normalized spacial score (nSPS) is 19.5. The van der Waals surface area contributed by atoms with Crippen molar-refractivity contribution in [1.82, 2.24) is 30.4 Å². The van der Waals surface area contributed by atoms with Crippen LogP contribution in [0.1, 0.15) is 37.7 Å². The first-order valence-electron chi connectivity index (χ1n) is 10.8. The Bertz CT molecular complexity index is 803. The zero-order chi connectivity index (χ0) is 20.7. The molecular weight excluding hydrogens is 400 g/mol. The van der Waals surface area contributed by atoms with Crippen LogP contribution in [0.25, 0.3) is 0 Å². The van der Waals surface area contributed by atoms with Crippen molar-refractivity contribution >= 4 is 17.7 Å². The molecule has 9 heteroatoms. The highest BCUT2D eigenvalue weighted by atomic mass is 32.2. The molecule has 1 aliphatic carbocycles. The second-order valence-electron chi connectivity index (χ2n) is 8.05. The smallest absolute Gasteiger partial charge is 0.230 e. The summed E-state index contributed by atoms with van der Waals surface area (Å²) in [5, 5.41) is 15.8. The fourth-order valence-electron chi connectivity index (χ4n) is 4.45. The van der Waals surface area contributed by atoms with Gasteiger partial charge in [-0.05, 0) is 28.8 Å². The molecule has 30 heavy (non-hydrogen) atoms. The summed E-state index contributed by atoms with van der Waals surface area (Å²) in [7, 11) is 0. The molecule has 2 aromatic rings. The van der Waals surface area contributed by atoms with E-state index in [-0.39, 0.29) is 11.4 Å². The molecule has 0 radical (unpaired) electrons. The first-order valence-corrected chi connectivity index (χ1v) is 11.8. The molecule has 1 saturated heterocycles. The summed E-state index contributed by atoms with van der Waals surface area (Å²) < 4.78 is 7.28. The lowest BCUT2D eigenvalue weighted by atomic mass is 9.79. The molecule has 162 valence electrons. The molecule has 2 aliphatic rings. The Morgan fingerprint density at radius 2 is 1.90 bits per heavy atom. The Balaban J connectivity index is 1.30. The van der Waals surface area contributed by atoms with Gasteiger partial charge in [-0.1, -0.05) is 61.4 Å². The summed E-state index contributed by atoms with van der Waals surface area (Å²) in [5.41, 5.74) is 1.21. The number of rotatable bonds is 8. The van der Waals surface area contributed by atoms with E-state index in [0.717, 1.165) is 44.7 Å². The van der Waals surface area contributed by atoms with Gasteiger partial charge in [-0.15, -0.1) is 5.10 Å². The predicted octanol–water partition coefficient (Wildman–Crippen LogP) is 1.96. The number of thioether (sulfide) groups is 1. The molecule has 0 spiro atoms. The average molecular weight is 431 g/mol. The summed E-state index contributed by atoms with van der Waals surface area (Å²) in [6.45, 7) is 4.79. The van der Waals surface area contributed by atoms with Gasteiger partial charge in [0.05, 0.1) is 25.5 Å². The van der Waals surface area contributed by atoms with Crippen LogP contribution in [0.3, 0.4) is 0 Å². The minimum absolute atomic E-state index is 0.0347. The van der Waals surface area contributed by atoms with Crippen LogP contribution >= 0.6 is 11.8 Å². The van der Waals surface area contributed by atoms with Gasteiger partial charge < -0.3 is 10.1 Å². The van der Waals surface area contributed by atoms with Crippen molar-refractivity contribution < 1.29 is 9.53 Å². The third-order valence-corrected chi connectivity index (χ3v) is 7.04. The molecule has 1 aromatic heterocycles. The number of carbonyl (C=O) groups is 1. The predicted molar refractivity (Wildman–Crippen MR) is 115 cm³/mol. The maximum absolute atomic E-state index is 12.6. The van der Waals surface area contributed by atoms with Crippen molar-refractivity contribution in [3.8, 4) is 0 Å². The minimum Gasteiger partial charge on any atom is -0.379 e. The lowest BCUT2D eigenvalue weighted by Crippen LogP contribution is -2.59. The van der Waals surface area contributed by atoms with Gasteiger partial charge in [0.2, 0.25) is 11.1 Å². The van der Waals surface area contributed by atoms with Gasteiger partial charge in [-0.2, -0.15) is 0 Å². The van der Waals surface area contributed by atoms with Crippen LogP contribution in [0.4, 0.5) is 0 Å². The van der Waals surface area contributed by atoms with Gasteiger partial charge >= 0.3 is 0 Å². The van der Waals surface area contributed by atoms with E-state index in [4.69, 9.17) is 4.74 Å². The monoisotopic (exact) mass is 430 g/mol. The maximum Gasteiger partial charge on any atom is 0.230 e. The third-order valence-electron chi connectivity index (χ3n) is 6.09. The number of tetrazole rings is 1. The summed E-state index contributed by atoms with van der Waals surface area (Å²) in [6.07, 6.45) is 6.05. The highest BCUT2D eigenvalue weighted by Crippen LogP contribution is 2.34. The van der Waals surface area contributed by atoms with E-state index < -0.39 is 0 Å². The Kier molecular flexibility index (Phi) is 7.35. The molecule has 2 heterocycles. The Morgan fingerprint density at radius 1 is 1.13 bits per heavy atom. The second kappa shape index (κ2) is 10.4. The van der Waals surface area contributed by atoms with Gasteiger partial charge in [-0.3, -0.25) is 9.69 Å². The van der Waals surface area contributed by atoms with Gasteiger partial charge in [-0.25, -0.2) is 4.68 Å². The Labute approximate surface area is 181 Å². The number of hydrogen-bond donors (Lipinski definition) is 1. The molecule has 1 aromatic carbocycles. The number of benzene rings is 1. The van der Waals surface area contributed by atoms with Crippen LogP contribution in [0.5, 0.6) is 0 Å². The van der Waals surface area contributed by atoms with Crippen molar-refractivity contribution in [2.24, 2.45) is 0 Å². The minimum atomic E-state index is 0.0347. The standard InChI is InChI=1S/C21H30N6O2S/c28-19(16-30-20-23-24-25-27(20)15-18-7-3-1-4-8-18)22-17-21(9-5-2-6-10-21)26-11-13-29-14-12-26/h1,3-4,7-8H,2,5-6,9-17H2,(H,22,28). The number of aromatic nitrogens is 4. The van der Waals surface area contributed by atoms with Gasteiger partial charge in [0.15, 0.2) is 0 Å². The Morgan fingerprint density at radius 3 is 2.67 bits per heavy atom. The van der Waals surface area contributed by atoms with Crippen LogP contribution < -0.4 is 5.32 Å². The van der Waals surface area contributed by atoms with Gasteiger partial charge in [0.25, 0.3) is 0 Å². The topological polar surface area (TPSA) is 85.2 Å². The van der Waals surface area contributed by atoms with Crippen LogP contribution in [0, 0.1) is 0 Å². The number of morpholine rings is 1. The van der Waals surface area contributed by atoms with Crippen LogP contribution in [-0.4, -0.2) is 75.2 Å². The number of nitrogens with zero attached hydrogens (tertiary/aromatic N) is 5. The molecule has 1 aliphatic heterocycles. The van der Waals surface area contributed by atoms with E-state index >= 15 is 0 Å². The quantitative estimate of drug-likeness (QED) is 0.641. The fraction of sp³-hybridized carbons (Fsp3) is 0.619. The third kappa shape index (κ3) is 5.39. The number of hydrogen-bond acceptors (Lipinski definition) is 7. The average Bonchev–Trinajstić information content (AvgIpc) is 3.25. The van der Waals surface area contributed by atoms with Gasteiger partial charge in [0.1, 0.15) is 0 Å². The molecule has 0 unspecified atom stereocenters. The maximum atomic E-state index is 12.6. The first kappa shape index (κ1) is 21.3. The number of carbonyl (C=O) groups excluding carboxylic acids is 1. The molecule has 1 saturated carbocycles. The van der Waals surface area contributed by atoms with E-state index in [0.29, 0.717) is 24.0 Å². The molecule has 4 rings (SSSR count). The largest absolute Gasteiger partial charge is 0.379 e. The van der Waals surface area contributed by atoms with E-state index in [1.165, 1.54) is 31.0 Å². The molecule has 0 atom stereocenters. The molecular formula is C21H30N6O2S. The molecule has 8 nitrogen and oxygen atoms in total. The number of nitrogens with one attached hydrogen (secondary N) is 1. The molecule has 1 N–H and O–H groups in total. The van der Waals surface area contributed by atoms with Crippen molar-refractivity contribution in [2.75, 3.05) is 38.6 Å². The van der Waals surface area contributed by atoms with Crippen molar-refractivity contribution in [3.63, 3.8) is 0 Å². The zero-order valence-corrected chi connectivity index (χ0v) is 18.1. The number of ether oxygens (including phenoxy) is 1. The zero-order valence-electron chi connectivity index (χ0n) is 17.3. The highest BCUT2D eigenvalue weighted by molar-refractivity contribution is 7.99. The first-order chi connectivity index (χ1) is 14.8. The highest BCUT2D eigenvalue weighted by Gasteiger charge is 2.38. The van der Waals surface area contributed by atoms with Crippen molar-refractivity contribution in [2.45, 2.75) is 49.3 Å². The van der Waals surface area contributed by atoms with Crippen molar-refractivity contribution in [3.05, 3.63) is 35.9 Å². The van der Waals surface area contributed by atoms with E-state index in [1.54, 1.807) is 4.68 Å². The fourth-order valence-corrected chi connectivity index (χ4v) is 5.16. The number of amides is 1.